The first-order valence-electron chi connectivity index (χ1n) is 6.94. The van der Waals surface area contributed by atoms with Gasteiger partial charge in [0.05, 0.1) is 12.3 Å². The molecule has 1 heterocycles. The Balaban J connectivity index is 2.39. The molecule has 1 aromatic heterocycles. The van der Waals surface area contributed by atoms with Crippen molar-refractivity contribution in [3.63, 3.8) is 0 Å². The summed E-state index contributed by atoms with van der Waals surface area (Å²) in [6, 6.07) is 7.94. The lowest BCUT2D eigenvalue weighted by molar-refractivity contribution is 0.0530. The predicted octanol–water partition coefficient (Wildman–Crippen LogP) is 4.95. The normalized spacial score (nSPS) is 10.9. The third kappa shape index (κ3) is 4.14. The highest BCUT2D eigenvalue weighted by atomic mass is 79.9. The fourth-order valence-electron chi connectivity index (χ4n) is 1.95. The van der Waals surface area contributed by atoms with Crippen molar-refractivity contribution in [2.75, 3.05) is 6.61 Å². The lowest BCUT2D eigenvalue weighted by Gasteiger charge is -2.04. The number of hydrogen-bond donors (Lipinski definition) is 0. The molecule has 5 heteroatoms. The molecule has 0 atom stereocenters. The first-order chi connectivity index (χ1) is 10.0. The monoisotopic (exact) mass is 367 g/mol. The van der Waals surface area contributed by atoms with E-state index in [1.54, 1.807) is 0 Å². The summed E-state index contributed by atoms with van der Waals surface area (Å²) in [5.41, 5.74) is 1.86. The third-order valence-electron chi connectivity index (χ3n) is 2.85. The standard InChI is InChI=1S/C16H18BrNO2S/c1-4-20-16(19)14-13(9-10(2)3)18-15(21-14)11-5-7-12(17)8-6-11/h5-8,10H,4,9H2,1-3H3. The fraction of sp³-hybridized carbons (Fsp3) is 0.375. The van der Waals surface area contributed by atoms with Crippen molar-refractivity contribution in [3.05, 3.63) is 39.3 Å². The molecule has 0 aliphatic heterocycles. The summed E-state index contributed by atoms with van der Waals surface area (Å²) in [5.74, 6) is 0.173. The molecule has 0 spiro atoms. The Labute approximate surface area is 137 Å². The van der Waals surface area contributed by atoms with Gasteiger partial charge in [-0.15, -0.1) is 11.3 Å². The van der Waals surface area contributed by atoms with Gasteiger partial charge in [0.15, 0.2) is 0 Å². The Hall–Kier alpha value is -1.20. The number of rotatable bonds is 5. The minimum Gasteiger partial charge on any atom is -0.462 e. The molecule has 0 unspecified atom stereocenters. The van der Waals surface area contributed by atoms with Gasteiger partial charge in [0.2, 0.25) is 0 Å². The number of ether oxygens (including phenoxy) is 1. The molecule has 0 N–H and O–H groups in total. The average molecular weight is 368 g/mol. The second kappa shape index (κ2) is 7.18. The van der Waals surface area contributed by atoms with Crippen LogP contribution in [0.4, 0.5) is 0 Å². The zero-order chi connectivity index (χ0) is 15.4. The fourth-order valence-corrected chi connectivity index (χ4v) is 3.21. The summed E-state index contributed by atoms with van der Waals surface area (Å²) in [7, 11) is 0. The number of thiazole rings is 1. The van der Waals surface area contributed by atoms with Crippen LogP contribution in [0.5, 0.6) is 0 Å². The molecule has 0 aliphatic carbocycles. The highest BCUT2D eigenvalue weighted by molar-refractivity contribution is 9.10. The minimum atomic E-state index is -0.269. The molecule has 0 radical (unpaired) electrons. The molecular weight excluding hydrogens is 350 g/mol. The Morgan fingerprint density at radius 2 is 2.00 bits per heavy atom. The number of nitrogens with zero attached hydrogens (tertiary/aromatic N) is 1. The van der Waals surface area contributed by atoms with E-state index in [1.807, 2.05) is 31.2 Å². The van der Waals surface area contributed by atoms with Crippen LogP contribution in [0.25, 0.3) is 10.6 Å². The van der Waals surface area contributed by atoms with Gasteiger partial charge in [0, 0.05) is 10.0 Å². The minimum absolute atomic E-state index is 0.269. The van der Waals surface area contributed by atoms with Gasteiger partial charge in [0.25, 0.3) is 0 Å². The number of halogens is 1. The SMILES string of the molecule is CCOC(=O)c1sc(-c2ccc(Br)cc2)nc1CC(C)C. The summed E-state index contributed by atoms with van der Waals surface area (Å²) in [5, 5.41) is 0.862. The molecule has 0 bridgehead atoms. The van der Waals surface area contributed by atoms with E-state index in [1.165, 1.54) is 11.3 Å². The lowest BCUT2D eigenvalue weighted by Crippen LogP contribution is -2.07. The Morgan fingerprint density at radius 1 is 1.33 bits per heavy atom. The number of hydrogen-bond acceptors (Lipinski definition) is 4. The molecule has 0 fully saturated rings. The van der Waals surface area contributed by atoms with E-state index >= 15 is 0 Å². The zero-order valence-corrected chi connectivity index (χ0v) is 14.8. The maximum Gasteiger partial charge on any atom is 0.350 e. The second-order valence-electron chi connectivity index (χ2n) is 5.12. The largest absolute Gasteiger partial charge is 0.462 e. The number of benzene rings is 1. The van der Waals surface area contributed by atoms with E-state index in [0.717, 1.165) is 27.2 Å². The summed E-state index contributed by atoms with van der Waals surface area (Å²) >= 11 is 4.83. The Kier molecular flexibility index (Phi) is 5.53. The molecule has 2 rings (SSSR count). The van der Waals surface area contributed by atoms with Crippen molar-refractivity contribution >= 4 is 33.2 Å². The molecule has 0 amide bonds. The van der Waals surface area contributed by atoms with Gasteiger partial charge < -0.3 is 4.74 Å². The maximum absolute atomic E-state index is 12.1. The summed E-state index contributed by atoms with van der Waals surface area (Å²) < 4.78 is 6.17. The molecule has 21 heavy (non-hydrogen) atoms. The smallest absolute Gasteiger partial charge is 0.350 e. The van der Waals surface area contributed by atoms with Crippen molar-refractivity contribution < 1.29 is 9.53 Å². The van der Waals surface area contributed by atoms with Crippen molar-refractivity contribution in [3.8, 4) is 10.6 Å². The Morgan fingerprint density at radius 3 is 2.57 bits per heavy atom. The summed E-state index contributed by atoms with van der Waals surface area (Å²) in [6.07, 6.45) is 0.779. The van der Waals surface area contributed by atoms with Crippen LogP contribution < -0.4 is 0 Å². The van der Waals surface area contributed by atoms with E-state index in [-0.39, 0.29) is 5.97 Å². The average Bonchev–Trinajstić information content (AvgIpc) is 2.83. The lowest BCUT2D eigenvalue weighted by atomic mass is 10.1. The van der Waals surface area contributed by atoms with Crippen LogP contribution in [0, 0.1) is 5.92 Å². The molecule has 1 aromatic carbocycles. The van der Waals surface area contributed by atoms with Gasteiger partial charge in [-0.2, -0.15) is 0 Å². The maximum atomic E-state index is 12.1. The molecule has 112 valence electrons. The molecule has 0 saturated carbocycles. The quantitative estimate of drug-likeness (QED) is 0.701. The number of carbonyl (C=O) groups is 1. The molecule has 3 nitrogen and oxygen atoms in total. The van der Waals surface area contributed by atoms with Crippen LogP contribution >= 0.6 is 27.3 Å². The van der Waals surface area contributed by atoms with Crippen LogP contribution in [0.2, 0.25) is 0 Å². The summed E-state index contributed by atoms with van der Waals surface area (Å²) in [4.78, 5) is 17.4. The van der Waals surface area contributed by atoms with Gasteiger partial charge in [0.1, 0.15) is 9.88 Å². The van der Waals surface area contributed by atoms with Gasteiger partial charge >= 0.3 is 5.97 Å². The highest BCUT2D eigenvalue weighted by Gasteiger charge is 2.20. The van der Waals surface area contributed by atoms with Crippen molar-refractivity contribution in [2.24, 2.45) is 5.92 Å². The highest BCUT2D eigenvalue weighted by Crippen LogP contribution is 2.30. The number of carbonyl (C=O) groups excluding carboxylic acids is 1. The van der Waals surface area contributed by atoms with Crippen LogP contribution in [-0.4, -0.2) is 17.6 Å². The van der Waals surface area contributed by atoms with Gasteiger partial charge in [-0.3, -0.25) is 0 Å². The molecule has 0 saturated heterocycles. The van der Waals surface area contributed by atoms with E-state index in [2.05, 4.69) is 34.8 Å². The van der Waals surface area contributed by atoms with Crippen molar-refractivity contribution in [1.82, 2.24) is 4.98 Å². The van der Waals surface area contributed by atoms with Crippen LogP contribution in [0.1, 0.15) is 36.1 Å². The van der Waals surface area contributed by atoms with E-state index < -0.39 is 0 Å². The van der Waals surface area contributed by atoms with Gasteiger partial charge in [-0.1, -0.05) is 41.9 Å². The number of esters is 1. The first kappa shape index (κ1) is 16.2. The Bertz CT molecular complexity index is 620. The molecule has 2 aromatic rings. The van der Waals surface area contributed by atoms with Crippen LogP contribution in [0.3, 0.4) is 0 Å². The first-order valence-corrected chi connectivity index (χ1v) is 8.55. The molecular formula is C16H18BrNO2S. The topological polar surface area (TPSA) is 39.2 Å². The van der Waals surface area contributed by atoms with Crippen molar-refractivity contribution in [1.29, 1.82) is 0 Å². The van der Waals surface area contributed by atoms with Gasteiger partial charge in [-0.25, -0.2) is 9.78 Å². The molecule has 0 aliphatic rings. The third-order valence-corrected chi connectivity index (χ3v) is 4.51. The van der Waals surface area contributed by atoms with E-state index in [9.17, 15) is 4.79 Å². The number of aromatic nitrogens is 1. The second-order valence-corrected chi connectivity index (χ2v) is 7.03. The summed E-state index contributed by atoms with van der Waals surface area (Å²) in [6.45, 7) is 6.43. The van der Waals surface area contributed by atoms with Crippen molar-refractivity contribution in [2.45, 2.75) is 27.2 Å². The van der Waals surface area contributed by atoms with Crippen LogP contribution in [-0.2, 0) is 11.2 Å². The zero-order valence-electron chi connectivity index (χ0n) is 12.4. The predicted molar refractivity (Wildman–Crippen MR) is 89.7 cm³/mol. The van der Waals surface area contributed by atoms with E-state index in [4.69, 9.17) is 4.74 Å². The van der Waals surface area contributed by atoms with Crippen LogP contribution in [0.15, 0.2) is 28.7 Å². The van der Waals surface area contributed by atoms with E-state index in [0.29, 0.717) is 17.4 Å². The van der Waals surface area contributed by atoms with Gasteiger partial charge in [-0.05, 0) is 31.4 Å².